The molecule has 0 aromatic carbocycles. The second kappa shape index (κ2) is 5.58. The third-order valence-corrected chi connectivity index (χ3v) is 5.54. The Morgan fingerprint density at radius 2 is 2.14 bits per heavy atom. The number of anilines is 1. The van der Waals surface area contributed by atoms with E-state index in [2.05, 4.69) is 15.5 Å². The van der Waals surface area contributed by atoms with E-state index in [9.17, 15) is 13.2 Å². The lowest BCUT2D eigenvalue weighted by Gasteiger charge is -2.14. The second-order valence-electron chi connectivity index (χ2n) is 5.08. The summed E-state index contributed by atoms with van der Waals surface area (Å²) in [5.41, 5.74) is 0.475. The summed E-state index contributed by atoms with van der Waals surface area (Å²) in [6.45, 7) is 2.55. The van der Waals surface area contributed by atoms with Crippen LogP contribution in [0, 0.1) is 6.92 Å². The molecule has 1 amide bonds. The number of amides is 1. The number of nitrogens with zero attached hydrogens (tertiary/aromatic N) is 2. The SMILES string of the molecule is Cc1oc(C(=O)Nc2cn[nH]c2)cc1S(=O)(=O)N1CCCC1. The highest BCUT2D eigenvalue weighted by molar-refractivity contribution is 7.89. The van der Waals surface area contributed by atoms with E-state index in [1.807, 2.05) is 0 Å². The molecule has 3 heterocycles. The summed E-state index contributed by atoms with van der Waals surface area (Å²) in [7, 11) is -3.60. The summed E-state index contributed by atoms with van der Waals surface area (Å²) in [5, 5.41) is 8.84. The first-order valence-electron chi connectivity index (χ1n) is 6.89. The number of carbonyl (C=O) groups excluding carboxylic acids is 1. The Morgan fingerprint density at radius 3 is 2.77 bits per heavy atom. The molecule has 3 rings (SSSR count). The maximum absolute atomic E-state index is 12.5. The van der Waals surface area contributed by atoms with Gasteiger partial charge in [-0.1, -0.05) is 0 Å². The highest BCUT2D eigenvalue weighted by Crippen LogP contribution is 2.26. The second-order valence-corrected chi connectivity index (χ2v) is 6.99. The van der Waals surface area contributed by atoms with Crippen molar-refractivity contribution in [3.63, 3.8) is 0 Å². The number of aryl methyl sites for hydroxylation is 1. The maximum Gasteiger partial charge on any atom is 0.291 e. The van der Waals surface area contributed by atoms with E-state index >= 15 is 0 Å². The first kappa shape index (κ1) is 14.8. The molecular formula is C13H16N4O4S. The number of rotatable bonds is 4. The van der Waals surface area contributed by atoms with Gasteiger partial charge in [0.15, 0.2) is 5.76 Å². The molecule has 0 bridgehead atoms. The van der Waals surface area contributed by atoms with Crippen LogP contribution in [-0.4, -0.2) is 41.9 Å². The number of aromatic nitrogens is 2. The normalized spacial score (nSPS) is 16.0. The number of nitrogens with one attached hydrogen (secondary N) is 2. The predicted molar refractivity (Wildman–Crippen MR) is 78.0 cm³/mol. The van der Waals surface area contributed by atoms with Crippen molar-refractivity contribution in [3.8, 4) is 0 Å². The van der Waals surface area contributed by atoms with E-state index in [1.165, 1.54) is 29.7 Å². The molecule has 0 saturated carbocycles. The minimum absolute atomic E-state index is 0.0449. The molecule has 1 saturated heterocycles. The number of sulfonamides is 1. The van der Waals surface area contributed by atoms with Crippen LogP contribution in [0.15, 0.2) is 27.8 Å². The number of furan rings is 1. The van der Waals surface area contributed by atoms with E-state index in [0.29, 0.717) is 18.8 Å². The van der Waals surface area contributed by atoms with Crippen molar-refractivity contribution < 1.29 is 17.6 Å². The molecule has 118 valence electrons. The van der Waals surface area contributed by atoms with E-state index in [0.717, 1.165) is 12.8 Å². The van der Waals surface area contributed by atoms with Gasteiger partial charge in [-0.2, -0.15) is 9.40 Å². The topological polar surface area (TPSA) is 108 Å². The summed E-state index contributed by atoms with van der Waals surface area (Å²) < 4.78 is 31.8. The lowest BCUT2D eigenvalue weighted by Crippen LogP contribution is -2.28. The van der Waals surface area contributed by atoms with Crippen molar-refractivity contribution in [1.82, 2.24) is 14.5 Å². The summed E-state index contributed by atoms with van der Waals surface area (Å²) >= 11 is 0. The Labute approximate surface area is 127 Å². The molecule has 2 aromatic heterocycles. The van der Waals surface area contributed by atoms with Crippen LogP contribution in [-0.2, 0) is 10.0 Å². The van der Waals surface area contributed by atoms with Gasteiger partial charge in [-0.05, 0) is 19.8 Å². The lowest BCUT2D eigenvalue weighted by atomic mass is 10.4. The van der Waals surface area contributed by atoms with Crippen LogP contribution >= 0.6 is 0 Å². The van der Waals surface area contributed by atoms with Crippen molar-refractivity contribution in [1.29, 1.82) is 0 Å². The van der Waals surface area contributed by atoms with Gasteiger partial charge in [0, 0.05) is 25.4 Å². The fourth-order valence-corrected chi connectivity index (χ4v) is 4.09. The van der Waals surface area contributed by atoms with Crippen molar-refractivity contribution in [2.45, 2.75) is 24.7 Å². The average Bonchev–Trinajstić information content (AvgIpc) is 3.19. The minimum atomic E-state index is -3.60. The molecule has 8 nitrogen and oxygen atoms in total. The van der Waals surface area contributed by atoms with Gasteiger partial charge >= 0.3 is 0 Å². The zero-order chi connectivity index (χ0) is 15.7. The van der Waals surface area contributed by atoms with Crippen LogP contribution in [0.2, 0.25) is 0 Å². The number of aromatic amines is 1. The molecule has 0 aliphatic carbocycles. The maximum atomic E-state index is 12.5. The first-order valence-corrected chi connectivity index (χ1v) is 8.33. The van der Waals surface area contributed by atoms with Crippen LogP contribution in [0.5, 0.6) is 0 Å². The quantitative estimate of drug-likeness (QED) is 0.882. The average molecular weight is 324 g/mol. The molecule has 1 fully saturated rings. The van der Waals surface area contributed by atoms with Gasteiger partial charge < -0.3 is 9.73 Å². The molecule has 0 unspecified atom stereocenters. The van der Waals surface area contributed by atoms with E-state index < -0.39 is 15.9 Å². The lowest BCUT2D eigenvalue weighted by molar-refractivity contribution is 0.0995. The van der Waals surface area contributed by atoms with Crippen molar-refractivity contribution >= 4 is 21.6 Å². The van der Waals surface area contributed by atoms with Gasteiger partial charge in [-0.25, -0.2) is 8.42 Å². The van der Waals surface area contributed by atoms with Crippen LogP contribution < -0.4 is 5.32 Å². The molecule has 0 radical (unpaired) electrons. The summed E-state index contributed by atoms with van der Waals surface area (Å²) in [4.78, 5) is 12.1. The van der Waals surface area contributed by atoms with E-state index in [-0.39, 0.29) is 16.4 Å². The first-order chi connectivity index (χ1) is 10.5. The van der Waals surface area contributed by atoms with E-state index in [1.54, 1.807) is 0 Å². The van der Waals surface area contributed by atoms with Gasteiger partial charge in [0.2, 0.25) is 10.0 Å². The summed E-state index contributed by atoms with van der Waals surface area (Å²) in [6, 6.07) is 1.28. The predicted octanol–water partition coefficient (Wildman–Crippen LogP) is 1.35. The molecular weight excluding hydrogens is 308 g/mol. The Morgan fingerprint density at radius 1 is 1.41 bits per heavy atom. The molecule has 2 aromatic rings. The smallest absolute Gasteiger partial charge is 0.291 e. The highest BCUT2D eigenvalue weighted by atomic mass is 32.2. The number of hydrogen-bond donors (Lipinski definition) is 2. The highest BCUT2D eigenvalue weighted by Gasteiger charge is 2.31. The Balaban J connectivity index is 1.86. The zero-order valence-electron chi connectivity index (χ0n) is 12.0. The number of carbonyl (C=O) groups is 1. The zero-order valence-corrected chi connectivity index (χ0v) is 12.8. The van der Waals surface area contributed by atoms with Crippen LogP contribution in [0.4, 0.5) is 5.69 Å². The van der Waals surface area contributed by atoms with Crippen LogP contribution in [0.25, 0.3) is 0 Å². The largest absolute Gasteiger partial charge is 0.455 e. The Kier molecular flexibility index (Phi) is 3.75. The minimum Gasteiger partial charge on any atom is -0.455 e. The third-order valence-electron chi connectivity index (χ3n) is 3.53. The molecule has 1 aliphatic rings. The van der Waals surface area contributed by atoms with Crippen LogP contribution in [0.1, 0.15) is 29.2 Å². The molecule has 0 spiro atoms. The van der Waals surface area contributed by atoms with E-state index in [4.69, 9.17) is 4.42 Å². The van der Waals surface area contributed by atoms with Crippen molar-refractivity contribution in [2.24, 2.45) is 0 Å². The fraction of sp³-hybridized carbons (Fsp3) is 0.385. The monoisotopic (exact) mass is 324 g/mol. The third kappa shape index (κ3) is 2.64. The van der Waals surface area contributed by atoms with Gasteiger partial charge in [-0.15, -0.1) is 0 Å². The van der Waals surface area contributed by atoms with Gasteiger partial charge in [0.1, 0.15) is 10.7 Å². The molecule has 2 N–H and O–H groups in total. The molecule has 9 heteroatoms. The van der Waals surface area contributed by atoms with Gasteiger partial charge in [-0.3, -0.25) is 9.89 Å². The number of hydrogen-bond acceptors (Lipinski definition) is 5. The molecule has 22 heavy (non-hydrogen) atoms. The van der Waals surface area contributed by atoms with Gasteiger partial charge in [0.05, 0.1) is 11.9 Å². The fourth-order valence-electron chi connectivity index (χ4n) is 2.41. The van der Waals surface area contributed by atoms with Crippen molar-refractivity contribution in [2.75, 3.05) is 18.4 Å². The Hall–Kier alpha value is -2.13. The molecule has 0 atom stereocenters. The standard InChI is InChI=1S/C13H16N4O4S/c1-9-12(22(19,20)17-4-2-3-5-17)6-11(21-9)13(18)16-10-7-14-15-8-10/h6-8H,2-5H2,1H3,(H,14,15)(H,16,18). The van der Waals surface area contributed by atoms with Crippen LogP contribution in [0.3, 0.4) is 0 Å². The molecule has 1 aliphatic heterocycles. The summed E-state index contributed by atoms with van der Waals surface area (Å²) in [5.74, 6) is -0.354. The summed E-state index contributed by atoms with van der Waals surface area (Å²) in [6.07, 6.45) is 4.65. The van der Waals surface area contributed by atoms with Crippen molar-refractivity contribution in [3.05, 3.63) is 30.0 Å². The number of H-pyrrole nitrogens is 1. The van der Waals surface area contributed by atoms with Gasteiger partial charge in [0.25, 0.3) is 5.91 Å². The Bertz CT molecular complexity index is 773.